The van der Waals surface area contributed by atoms with Crippen LogP contribution in [0.2, 0.25) is 5.02 Å². The van der Waals surface area contributed by atoms with Crippen LogP contribution < -0.4 is 10.3 Å². The van der Waals surface area contributed by atoms with E-state index in [4.69, 9.17) is 21.1 Å². The minimum absolute atomic E-state index is 0.0168. The molecule has 2 aromatic carbocycles. The van der Waals surface area contributed by atoms with Crippen molar-refractivity contribution < 1.29 is 22.4 Å². The zero-order valence-electron chi connectivity index (χ0n) is 20.1. The summed E-state index contributed by atoms with van der Waals surface area (Å²) in [5.74, 6) is 0.0780. The van der Waals surface area contributed by atoms with Crippen LogP contribution in [0.5, 0.6) is 5.75 Å². The van der Waals surface area contributed by atoms with E-state index in [0.29, 0.717) is 24.2 Å². The molecule has 0 saturated heterocycles. The van der Waals surface area contributed by atoms with Gasteiger partial charge >= 0.3 is 0 Å². The Morgan fingerprint density at radius 2 is 1.80 bits per heavy atom. The molecule has 0 radical (unpaired) electrons. The molecule has 10 heteroatoms. The average Bonchev–Trinajstić information content (AvgIpc) is 2.77. The van der Waals surface area contributed by atoms with Gasteiger partial charge in [-0.05, 0) is 62.4 Å². The third kappa shape index (κ3) is 6.91. The van der Waals surface area contributed by atoms with Crippen LogP contribution in [0.3, 0.4) is 0 Å². The van der Waals surface area contributed by atoms with Gasteiger partial charge in [-0.2, -0.15) is 13.5 Å². The number of nitrogens with zero attached hydrogens (tertiary/aromatic N) is 2. The molecule has 3 rings (SSSR count). The summed E-state index contributed by atoms with van der Waals surface area (Å²) >= 11 is 6.17. The fourth-order valence-corrected chi connectivity index (χ4v) is 4.40. The molecule has 0 saturated carbocycles. The summed E-state index contributed by atoms with van der Waals surface area (Å²) < 4.78 is 46.3. The number of aromatic nitrogens is 2. The molecule has 0 unspecified atom stereocenters. The van der Waals surface area contributed by atoms with Crippen molar-refractivity contribution in [2.75, 3.05) is 6.61 Å². The fraction of sp³-hybridized carbons (Fsp3) is 0.360. The molecule has 0 aliphatic heterocycles. The van der Waals surface area contributed by atoms with Gasteiger partial charge in [-0.15, -0.1) is 0 Å². The molecule has 0 atom stereocenters. The van der Waals surface area contributed by atoms with E-state index in [2.05, 4.69) is 5.10 Å². The maximum atomic E-state index is 12.5. The van der Waals surface area contributed by atoms with Gasteiger partial charge in [0.15, 0.2) is 10.8 Å². The van der Waals surface area contributed by atoms with E-state index in [-0.39, 0.29) is 28.9 Å². The Bertz CT molecular complexity index is 1360. The number of hydrogen-bond acceptors (Lipinski definition) is 6. The third-order valence-corrected chi connectivity index (χ3v) is 6.64. The Morgan fingerprint density at radius 1 is 1.09 bits per heavy atom. The summed E-state index contributed by atoms with van der Waals surface area (Å²) in [4.78, 5) is 12.2. The SMILES string of the molecule is Cc1ccccc1CCOCc1ccc(COc2cnn(C(C)(C)C)c(=O)c2Cl)cc1S(=O)(=O)O. The molecule has 0 amide bonds. The molecular weight excluding hydrogens is 492 g/mol. The number of halogens is 1. The van der Waals surface area contributed by atoms with Gasteiger partial charge in [-0.3, -0.25) is 9.35 Å². The van der Waals surface area contributed by atoms with Crippen molar-refractivity contribution in [2.45, 2.75) is 57.8 Å². The van der Waals surface area contributed by atoms with Crippen molar-refractivity contribution in [3.63, 3.8) is 0 Å². The van der Waals surface area contributed by atoms with Crippen molar-refractivity contribution in [3.8, 4) is 5.75 Å². The van der Waals surface area contributed by atoms with Crippen molar-refractivity contribution in [1.82, 2.24) is 9.78 Å². The lowest BCUT2D eigenvalue weighted by Crippen LogP contribution is -2.36. The first-order valence-electron chi connectivity index (χ1n) is 11.0. The highest BCUT2D eigenvalue weighted by atomic mass is 35.5. The van der Waals surface area contributed by atoms with E-state index < -0.39 is 21.2 Å². The minimum Gasteiger partial charge on any atom is -0.485 e. The smallest absolute Gasteiger partial charge is 0.294 e. The van der Waals surface area contributed by atoms with Crippen LogP contribution in [0.4, 0.5) is 0 Å². The summed E-state index contributed by atoms with van der Waals surface area (Å²) in [7, 11) is -4.50. The lowest BCUT2D eigenvalue weighted by molar-refractivity contribution is 0.122. The fourth-order valence-electron chi connectivity index (χ4n) is 3.46. The van der Waals surface area contributed by atoms with Gasteiger partial charge in [0.25, 0.3) is 15.7 Å². The van der Waals surface area contributed by atoms with E-state index in [0.717, 1.165) is 11.1 Å². The van der Waals surface area contributed by atoms with Crippen molar-refractivity contribution in [3.05, 3.63) is 86.3 Å². The molecule has 0 fully saturated rings. The molecule has 8 nitrogen and oxygen atoms in total. The summed E-state index contributed by atoms with van der Waals surface area (Å²) in [6.07, 6.45) is 2.03. The Kier molecular flexibility index (Phi) is 8.38. The van der Waals surface area contributed by atoms with Gasteiger partial charge in [0.2, 0.25) is 0 Å². The van der Waals surface area contributed by atoms with Gasteiger partial charge in [-0.1, -0.05) is 48.0 Å². The van der Waals surface area contributed by atoms with Gasteiger partial charge in [0.1, 0.15) is 6.61 Å². The van der Waals surface area contributed by atoms with Crippen LogP contribution in [-0.2, 0) is 40.0 Å². The van der Waals surface area contributed by atoms with Gasteiger partial charge in [-0.25, -0.2) is 4.68 Å². The summed E-state index contributed by atoms with van der Waals surface area (Å²) in [6.45, 7) is 7.81. The zero-order valence-corrected chi connectivity index (χ0v) is 21.7. The molecule has 1 aromatic heterocycles. The van der Waals surface area contributed by atoms with Gasteiger partial charge in [0.05, 0.1) is 29.8 Å². The normalized spacial score (nSPS) is 12.1. The highest BCUT2D eigenvalue weighted by molar-refractivity contribution is 7.85. The molecule has 0 spiro atoms. The number of benzene rings is 2. The van der Waals surface area contributed by atoms with Gasteiger partial charge < -0.3 is 9.47 Å². The second kappa shape index (κ2) is 10.9. The topological polar surface area (TPSA) is 108 Å². The van der Waals surface area contributed by atoms with E-state index in [1.165, 1.54) is 16.9 Å². The molecule has 1 N–H and O–H groups in total. The van der Waals surface area contributed by atoms with Crippen LogP contribution >= 0.6 is 11.6 Å². The molecule has 3 aromatic rings. The Morgan fingerprint density at radius 3 is 2.46 bits per heavy atom. The molecule has 35 heavy (non-hydrogen) atoms. The average molecular weight is 521 g/mol. The summed E-state index contributed by atoms with van der Waals surface area (Å²) in [6, 6.07) is 12.5. The third-order valence-electron chi connectivity index (χ3n) is 5.36. The summed E-state index contributed by atoms with van der Waals surface area (Å²) in [5, 5.41) is 3.98. The highest BCUT2D eigenvalue weighted by Crippen LogP contribution is 2.24. The quantitative estimate of drug-likeness (QED) is 0.326. The lowest BCUT2D eigenvalue weighted by atomic mass is 10.1. The number of hydrogen-bond donors (Lipinski definition) is 1. The van der Waals surface area contributed by atoms with Crippen LogP contribution in [0.15, 0.2) is 58.4 Å². The van der Waals surface area contributed by atoms with Crippen molar-refractivity contribution >= 4 is 21.7 Å². The van der Waals surface area contributed by atoms with E-state index in [9.17, 15) is 17.8 Å². The Labute approximate surface area is 210 Å². The van der Waals surface area contributed by atoms with Crippen LogP contribution in [0, 0.1) is 6.92 Å². The van der Waals surface area contributed by atoms with E-state index in [1.54, 1.807) is 12.1 Å². The largest absolute Gasteiger partial charge is 0.485 e. The minimum atomic E-state index is -4.50. The molecule has 0 bridgehead atoms. The first kappa shape index (κ1) is 26.9. The predicted molar refractivity (Wildman–Crippen MR) is 134 cm³/mol. The standard InChI is InChI=1S/C25H29ClN2O6S/c1-17-7-5-6-8-19(17)11-12-33-16-20-10-9-18(13-22(20)35(30,31)32)15-34-21-14-27-28(25(2,3)4)24(29)23(21)26/h5-10,13-14H,11-12,15-16H2,1-4H3,(H,30,31,32). The second-order valence-corrected chi connectivity index (χ2v) is 10.9. The Balaban J connectivity index is 1.70. The lowest BCUT2D eigenvalue weighted by Gasteiger charge is -2.21. The maximum Gasteiger partial charge on any atom is 0.294 e. The molecular formula is C25H29ClN2O6S. The van der Waals surface area contributed by atoms with Crippen LogP contribution in [-0.4, -0.2) is 29.4 Å². The van der Waals surface area contributed by atoms with Crippen molar-refractivity contribution in [2.24, 2.45) is 0 Å². The highest BCUT2D eigenvalue weighted by Gasteiger charge is 2.21. The van der Waals surface area contributed by atoms with E-state index in [1.807, 2.05) is 52.0 Å². The number of aryl methyl sites for hydroxylation is 1. The first-order chi connectivity index (χ1) is 16.4. The molecule has 1 heterocycles. The number of ether oxygens (including phenoxy) is 2. The predicted octanol–water partition coefficient (Wildman–Crippen LogP) is 4.55. The summed E-state index contributed by atoms with van der Waals surface area (Å²) in [5.41, 5.74) is 2.05. The monoisotopic (exact) mass is 520 g/mol. The first-order valence-corrected chi connectivity index (χ1v) is 12.8. The molecule has 0 aliphatic carbocycles. The Hall–Kier alpha value is -2.72. The second-order valence-electron chi connectivity index (χ2n) is 9.15. The van der Waals surface area contributed by atoms with Crippen LogP contribution in [0.1, 0.15) is 43.0 Å². The maximum absolute atomic E-state index is 12.5. The number of rotatable bonds is 9. The van der Waals surface area contributed by atoms with Gasteiger partial charge in [0, 0.05) is 0 Å². The molecule has 188 valence electrons. The van der Waals surface area contributed by atoms with Crippen LogP contribution in [0.25, 0.3) is 0 Å². The molecule has 0 aliphatic rings. The zero-order chi connectivity index (χ0) is 25.8. The van der Waals surface area contributed by atoms with E-state index >= 15 is 0 Å². The van der Waals surface area contributed by atoms with Crippen molar-refractivity contribution in [1.29, 1.82) is 0 Å².